The van der Waals surface area contributed by atoms with Gasteiger partial charge in [0.2, 0.25) is 0 Å². The summed E-state index contributed by atoms with van der Waals surface area (Å²) in [7, 11) is -1.71. The fourth-order valence-corrected chi connectivity index (χ4v) is 21.0. The van der Waals surface area contributed by atoms with Gasteiger partial charge in [-0.1, -0.05) is 116 Å². The lowest BCUT2D eigenvalue weighted by molar-refractivity contribution is -0.337. The average Bonchev–Trinajstić information content (AvgIpc) is 3.23. The van der Waals surface area contributed by atoms with Crippen LogP contribution in [-0.2, 0) is 28.4 Å². The van der Waals surface area contributed by atoms with Gasteiger partial charge in [-0.3, -0.25) is 0 Å². The third kappa shape index (κ3) is 5.83. The van der Waals surface area contributed by atoms with Crippen LogP contribution in [0.3, 0.4) is 0 Å². The smallest absolute Gasteiger partial charge is 0.186 e. The monoisotopic (exact) mass is 558 g/mol. The van der Waals surface area contributed by atoms with E-state index in [0.29, 0.717) is 39.9 Å². The SMILES string of the molecule is CO[C@H]1O[C@@H]2CO[C@@H](C[Si](C(C)C)(C(C)C)C(C)C)O[C@H]2[C@@H]2OC(C[Si](C(C)C)(C(C)C)C(C)C)O[C@H]12. The molecule has 218 valence electrons. The molecule has 3 saturated heterocycles. The number of hydrogen-bond donors (Lipinski definition) is 0. The first-order valence-electron chi connectivity index (χ1n) is 15.0. The minimum atomic E-state index is -1.71. The van der Waals surface area contributed by atoms with Gasteiger partial charge in [-0.25, -0.2) is 0 Å². The second kappa shape index (κ2) is 12.4. The van der Waals surface area contributed by atoms with Gasteiger partial charge >= 0.3 is 0 Å². The number of methoxy groups -OCH3 is 1. The second-order valence-electron chi connectivity index (χ2n) is 13.8. The Morgan fingerprint density at radius 1 is 0.568 bits per heavy atom. The van der Waals surface area contributed by atoms with Gasteiger partial charge in [0.05, 0.1) is 22.8 Å². The van der Waals surface area contributed by atoms with Crippen LogP contribution in [0.4, 0.5) is 0 Å². The van der Waals surface area contributed by atoms with Gasteiger partial charge in [-0.15, -0.1) is 0 Å². The summed E-state index contributed by atoms with van der Waals surface area (Å²) in [5, 5.41) is 0. The van der Waals surface area contributed by atoms with Crippen LogP contribution in [0.1, 0.15) is 83.1 Å². The highest BCUT2D eigenvalue weighted by atomic mass is 28.3. The minimum Gasteiger partial charge on any atom is -0.353 e. The molecule has 8 heteroatoms. The van der Waals surface area contributed by atoms with Crippen LogP contribution in [-0.4, -0.2) is 73.2 Å². The van der Waals surface area contributed by atoms with Crippen molar-refractivity contribution in [2.75, 3.05) is 13.7 Å². The van der Waals surface area contributed by atoms with Crippen molar-refractivity contribution in [3.8, 4) is 0 Å². The molecule has 3 aliphatic heterocycles. The number of ether oxygens (including phenoxy) is 6. The first-order chi connectivity index (χ1) is 17.2. The third-order valence-electron chi connectivity index (χ3n) is 10.7. The molecule has 0 saturated carbocycles. The van der Waals surface area contributed by atoms with Gasteiger partial charge in [0.15, 0.2) is 18.9 Å². The van der Waals surface area contributed by atoms with E-state index in [1.807, 2.05) is 0 Å². The fraction of sp³-hybridized carbons (Fsp3) is 1.00. The topological polar surface area (TPSA) is 55.4 Å². The first-order valence-corrected chi connectivity index (χ1v) is 19.9. The standard InChI is InChI=1S/C29H58O6Si2/c1-17(2)36(18(3)4,19(5)6)15-24-31-14-23-26(33-24)27-28(29(30-13)32-23)35-25(34-27)16-37(20(7)8,21(9)10)22(11)12/h17-29H,14-16H2,1-13H3/t23-,24-,25?,26-,27+,28+,29+/m1/s1. The quantitative estimate of drug-likeness (QED) is 0.244. The van der Waals surface area contributed by atoms with Crippen molar-refractivity contribution < 1.29 is 28.4 Å². The maximum atomic E-state index is 6.78. The Labute approximate surface area is 229 Å². The first kappa shape index (κ1) is 31.7. The molecule has 3 fully saturated rings. The lowest BCUT2D eigenvalue weighted by atomic mass is 9.98. The summed E-state index contributed by atoms with van der Waals surface area (Å²) in [6.45, 7) is 29.3. The van der Waals surface area contributed by atoms with Crippen molar-refractivity contribution in [2.24, 2.45) is 0 Å². The fourth-order valence-electron chi connectivity index (χ4n) is 8.66. The molecule has 0 aromatic rings. The summed E-state index contributed by atoms with van der Waals surface area (Å²) in [5.41, 5.74) is 3.91. The predicted molar refractivity (Wildman–Crippen MR) is 156 cm³/mol. The van der Waals surface area contributed by atoms with Crippen LogP contribution < -0.4 is 0 Å². The second-order valence-corrected chi connectivity index (χ2v) is 26.0. The van der Waals surface area contributed by atoms with E-state index in [1.165, 1.54) is 0 Å². The molecule has 37 heavy (non-hydrogen) atoms. The summed E-state index contributed by atoms with van der Waals surface area (Å²) in [4.78, 5) is 0. The summed E-state index contributed by atoms with van der Waals surface area (Å²) in [6.07, 6.45) is -1.83. The van der Waals surface area contributed by atoms with Crippen LogP contribution in [0.2, 0.25) is 45.3 Å². The van der Waals surface area contributed by atoms with E-state index in [9.17, 15) is 0 Å². The van der Waals surface area contributed by atoms with Gasteiger partial charge in [0.25, 0.3) is 0 Å². The average molecular weight is 559 g/mol. The predicted octanol–water partition coefficient (Wildman–Crippen LogP) is 7.57. The minimum absolute atomic E-state index is 0.202. The molecule has 3 heterocycles. The summed E-state index contributed by atoms with van der Waals surface area (Å²) >= 11 is 0. The van der Waals surface area contributed by atoms with Crippen LogP contribution in [0.5, 0.6) is 0 Å². The zero-order valence-electron chi connectivity index (χ0n) is 26.1. The van der Waals surface area contributed by atoms with Crippen LogP contribution >= 0.6 is 0 Å². The van der Waals surface area contributed by atoms with E-state index in [4.69, 9.17) is 28.4 Å². The molecule has 0 amide bonds. The highest BCUT2D eigenvalue weighted by molar-refractivity contribution is 6.84. The van der Waals surface area contributed by atoms with E-state index in [0.717, 1.165) is 12.1 Å². The number of rotatable bonds is 11. The highest BCUT2D eigenvalue weighted by Gasteiger charge is 2.58. The third-order valence-corrected chi connectivity index (χ3v) is 25.7. The van der Waals surface area contributed by atoms with Crippen LogP contribution in [0.15, 0.2) is 0 Å². The lowest BCUT2D eigenvalue weighted by Gasteiger charge is -2.49. The number of hydrogen-bond acceptors (Lipinski definition) is 6. The summed E-state index contributed by atoms with van der Waals surface area (Å²) in [5.74, 6) is 0. The molecule has 0 bridgehead atoms. The Morgan fingerprint density at radius 2 is 0.973 bits per heavy atom. The van der Waals surface area contributed by atoms with E-state index in [2.05, 4.69) is 83.1 Å². The molecule has 1 unspecified atom stereocenters. The van der Waals surface area contributed by atoms with Crippen molar-refractivity contribution >= 4 is 16.1 Å². The van der Waals surface area contributed by atoms with Gasteiger partial charge in [-0.05, 0) is 12.1 Å². The Balaban J connectivity index is 1.83. The van der Waals surface area contributed by atoms with Crippen molar-refractivity contribution in [1.82, 2.24) is 0 Å². The molecule has 0 aromatic carbocycles. The molecule has 6 nitrogen and oxygen atoms in total. The van der Waals surface area contributed by atoms with Crippen molar-refractivity contribution in [1.29, 1.82) is 0 Å². The highest BCUT2D eigenvalue weighted by Crippen LogP contribution is 2.49. The molecule has 0 spiro atoms. The van der Waals surface area contributed by atoms with Gasteiger partial charge in [-0.2, -0.15) is 0 Å². The summed E-state index contributed by atoms with van der Waals surface area (Å²) < 4.78 is 38.6. The molecule has 0 aliphatic carbocycles. The molecule has 0 N–H and O–H groups in total. The molecule has 0 radical (unpaired) electrons. The molecule has 7 atom stereocenters. The normalized spacial score (nSPS) is 33.3. The van der Waals surface area contributed by atoms with Gasteiger partial charge in [0.1, 0.15) is 24.4 Å². The van der Waals surface area contributed by atoms with E-state index in [-0.39, 0.29) is 37.0 Å². The Bertz CT molecular complexity index is 684. The van der Waals surface area contributed by atoms with E-state index < -0.39 is 22.4 Å². The van der Waals surface area contributed by atoms with Crippen LogP contribution in [0, 0.1) is 0 Å². The Kier molecular flexibility index (Phi) is 10.6. The van der Waals surface area contributed by atoms with Gasteiger partial charge in [0, 0.05) is 7.11 Å². The maximum absolute atomic E-state index is 6.78. The molecular weight excluding hydrogens is 500 g/mol. The Morgan fingerprint density at radius 3 is 1.41 bits per heavy atom. The van der Waals surface area contributed by atoms with Crippen molar-refractivity contribution in [3.63, 3.8) is 0 Å². The number of fused-ring (bicyclic) bond motifs is 3. The largest absolute Gasteiger partial charge is 0.353 e. The maximum Gasteiger partial charge on any atom is 0.186 e. The molecule has 3 aliphatic rings. The van der Waals surface area contributed by atoms with Crippen molar-refractivity contribution in [2.45, 2.75) is 172 Å². The summed E-state index contributed by atoms with van der Waals surface area (Å²) in [6, 6.07) is 1.99. The van der Waals surface area contributed by atoms with Crippen LogP contribution in [0.25, 0.3) is 0 Å². The van der Waals surface area contributed by atoms with E-state index in [1.54, 1.807) is 7.11 Å². The van der Waals surface area contributed by atoms with Gasteiger partial charge < -0.3 is 28.4 Å². The lowest BCUT2D eigenvalue weighted by Crippen LogP contribution is -2.63. The van der Waals surface area contributed by atoms with E-state index >= 15 is 0 Å². The zero-order chi connectivity index (χ0) is 27.9. The molecule has 3 rings (SSSR count). The zero-order valence-corrected chi connectivity index (χ0v) is 28.1. The molecule has 0 aromatic heterocycles. The van der Waals surface area contributed by atoms with Crippen molar-refractivity contribution in [3.05, 3.63) is 0 Å². The molecular formula is C29H58O6Si2. The Hall–Kier alpha value is 0.194.